The highest BCUT2D eigenvalue weighted by atomic mass is 32.2. The van der Waals surface area contributed by atoms with Crippen molar-refractivity contribution in [1.82, 2.24) is 19.5 Å². The minimum atomic E-state index is -3.56. The standard InChI is InChI=1S/C20H29N5O5S/c1-15-12-17(15)20(27)22-14-19(26)24-6-4-23(5-7-24)18-3-2-16(13-21-18)31(28,29)25-8-10-30-11-9-25/h2-3,13,15,17H,4-12,14H2,1H3,(H,22,27)/t15-,17+/m1/s1. The van der Waals surface area contributed by atoms with E-state index in [2.05, 4.69) is 10.3 Å². The molecule has 0 radical (unpaired) electrons. The number of aromatic nitrogens is 1. The fraction of sp³-hybridized carbons (Fsp3) is 0.650. The molecule has 0 bridgehead atoms. The Bertz CT molecular complexity index is 908. The van der Waals surface area contributed by atoms with Crippen molar-refractivity contribution >= 4 is 27.7 Å². The van der Waals surface area contributed by atoms with Crippen LogP contribution in [-0.4, -0.2) is 93.4 Å². The van der Waals surface area contributed by atoms with E-state index in [1.165, 1.54) is 10.5 Å². The van der Waals surface area contributed by atoms with Crippen LogP contribution in [0.3, 0.4) is 0 Å². The Morgan fingerprint density at radius 3 is 2.39 bits per heavy atom. The summed E-state index contributed by atoms with van der Waals surface area (Å²) in [5, 5.41) is 2.74. The fourth-order valence-electron chi connectivity index (χ4n) is 3.93. The van der Waals surface area contributed by atoms with Crippen LogP contribution in [0.4, 0.5) is 5.82 Å². The van der Waals surface area contributed by atoms with Gasteiger partial charge in [-0.1, -0.05) is 6.92 Å². The molecular weight excluding hydrogens is 422 g/mol. The summed E-state index contributed by atoms with van der Waals surface area (Å²) in [5.74, 6) is 1.05. The predicted molar refractivity (Wildman–Crippen MR) is 113 cm³/mol. The largest absolute Gasteiger partial charge is 0.379 e. The number of hydrogen-bond acceptors (Lipinski definition) is 7. The van der Waals surface area contributed by atoms with E-state index in [1.54, 1.807) is 17.0 Å². The molecule has 2 atom stereocenters. The van der Waals surface area contributed by atoms with Gasteiger partial charge in [-0.15, -0.1) is 0 Å². The number of nitrogens with one attached hydrogen (secondary N) is 1. The second kappa shape index (κ2) is 9.09. The number of ether oxygens (including phenoxy) is 1. The number of anilines is 1. The molecule has 1 aromatic heterocycles. The third-order valence-corrected chi connectivity index (χ3v) is 8.03. The number of piperazine rings is 1. The van der Waals surface area contributed by atoms with E-state index in [9.17, 15) is 18.0 Å². The van der Waals surface area contributed by atoms with Crippen LogP contribution in [0.5, 0.6) is 0 Å². The molecule has 11 heteroatoms. The van der Waals surface area contributed by atoms with Gasteiger partial charge in [0.25, 0.3) is 0 Å². The van der Waals surface area contributed by atoms with E-state index in [4.69, 9.17) is 4.74 Å². The van der Waals surface area contributed by atoms with Crippen LogP contribution < -0.4 is 10.2 Å². The maximum absolute atomic E-state index is 12.7. The first-order valence-electron chi connectivity index (χ1n) is 10.7. The highest BCUT2D eigenvalue weighted by Crippen LogP contribution is 2.37. The Morgan fingerprint density at radius 2 is 1.81 bits per heavy atom. The molecule has 1 aromatic rings. The average Bonchev–Trinajstić information content (AvgIpc) is 3.54. The normalized spacial score (nSPS) is 24.7. The smallest absolute Gasteiger partial charge is 0.244 e. The number of pyridine rings is 1. The highest BCUT2D eigenvalue weighted by molar-refractivity contribution is 7.89. The number of nitrogens with zero attached hydrogens (tertiary/aromatic N) is 4. The van der Waals surface area contributed by atoms with Gasteiger partial charge in [0.2, 0.25) is 21.8 Å². The molecule has 3 heterocycles. The monoisotopic (exact) mass is 451 g/mol. The Labute approximate surface area is 182 Å². The van der Waals surface area contributed by atoms with Crippen molar-refractivity contribution in [2.24, 2.45) is 11.8 Å². The van der Waals surface area contributed by atoms with Gasteiger partial charge in [0, 0.05) is 51.4 Å². The van der Waals surface area contributed by atoms with Crippen molar-refractivity contribution in [1.29, 1.82) is 0 Å². The van der Waals surface area contributed by atoms with E-state index < -0.39 is 10.0 Å². The van der Waals surface area contributed by atoms with Gasteiger partial charge < -0.3 is 19.9 Å². The van der Waals surface area contributed by atoms with Crippen molar-refractivity contribution < 1.29 is 22.7 Å². The molecule has 1 saturated carbocycles. The first-order chi connectivity index (χ1) is 14.9. The van der Waals surface area contributed by atoms with Gasteiger partial charge in [-0.3, -0.25) is 9.59 Å². The zero-order valence-electron chi connectivity index (χ0n) is 17.7. The van der Waals surface area contributed by atoms with Crippen LogP contribution in [0.1, 0.15) is 13.3 Å². The van der Waals surface area contributed by atoms with E-state index in [0.29, 0.717) is 64.2 Å². The van der Waals surface area contributed by atoms with Gasteiger partial charge in [-0.25, -0.2) is 13.4 Å². The summed E-state index contributed by atoms with van der Waals surface area (Å²) in [6.07, 6.45) is 2.30. The molecule has 170 valence electrons. The molecule has 31 heavy (non-hydrogen) atoms. The molecule has 1 aliphatic carbocycles. The number of amides is 2. The van der Waals surface area contributed by atoms with Gasteiger partial charge in [0.15, 0.2) is 0 Å². The van der Waals surface area contributed by atoms with Crippen LogP contribution in [0.2, 0.25) is 0 Å². The Morgan fingerprint density at radius 1 is 1.13 bits per heavy atom. The van der Waals surface area contributed by atoms with Crippen LogP contribution >= 0.6 is 0 Å². The Balaban J connectivity index is 1.27. The SMILES string of the molecule is C[C@@H]1C[C@@H]1C(=O)NCC(=O)N1CCN(c2ccc(S(=O)(=O)N3CCOCC3)cn2)CC1. The average molecular weight is 452 g/mol. The lowest BCUT2D eigenvalue weighted by atomic mass is 10.3. The first-order valence-corrected chi connectivity index (χ1v) is 12.1. The van der Waals surface area contributed by atoms with E-state index in [-0.39, 0.29) is 29.2 Å². The number of morpholine rings is 1. The Kier molecular flexibility index (Phi) is 6.44. The highest BCUT2D eigenvalue weighted by Gasteiger charge is 2.39. The summed E-state index contributed by atoms with van der Waals surface area (Å²) in [5.41, 5.74) is 0. The summed E-state index contributed by atoms with van der Waals surface area (Å²) in [7, 11) is -3.56. The molecule has 0 spiro atoms. The number of sulfonamides is 1. The van der Waals surface area contributed by atoms with Crippen molar-refractivity contribution in [2.45, 2.75) is 18.2 Å². The van der Waals surface area contributed by atoms with Crippen LogP contribution in [0.15, 0.2) is 23.2 Å². The third kappa shape index (κ3) is 4.99. The number of carbonyl (C=O) groups is 2. The summed E-state index contributed by atoms with van der Waals surface area (Å²) in [6, 6.07) is 3.29. The quantitative estimate of drug-likeness (QED) is 0.622. The van der Waals surface area contributed by atoms with Gasteiger partial charge >= 0.3 is 0 Å². The lowest BCUT2D eigenvalue weighted by Crippen LogP contribution is -2.51. The maximum atomic E-state index is 12.7. The minimum Gasteiger partial charge on any atom is -0.379 e. The topological polar surface area (TPSA) is 112 Å². The number of carbonyl (C=O) groups excluding carboxylic acids is 2. The lowest BCUT2D eigenvalue weighted by molar-refractivity contribution is -0.133. The maximum Gasteiger partial charge on any atom is 0.244 e. The van der Waals surface area contributed by atoms with E-state index in [1.807, 2.05) is 11.8 Å². The summed E-state index contributed by atoms with van der Waals surface area (Å²) in [6.45, 7) is 5.82. The van der Waals surface area contributed by atoms with Crippen molar-refractivity contribution in [3.8, 4) is 0 Å². The number of rotatable bonds is 6. The van der Waals surface area contributed by atoms with Gasteiger partial charge in [-0.2, -0.15) is 4.31 Å². The molecule has 0 unspecified atom stereocenters. The Hall–Kier alpha value is -2.24. The van der Waals surface area contributed by atoms with E-state index in [0.717, 1.165) is 6.42 Å². The molecular formula is C20H29N5O5S. The molecule has 4 rings (SSSR count). The molecule has 2 amide bonds. The zero-order valence-corrected chi connectivity index (χ0v) is 18.5. The second-order valence-corrected chi connectivity index (χ2v) is 10.2. The molecule has 10 nitrogen and oxygen atoms in total. The summed E-state index contributed by atoms with van der Waals surface area (Å²) >= 11 is 0. The second-order valence-electron chi connectivity index (χ2n) is 8.27. The molecule has 0 aromatic carbocycles. The molecule has 3 aliphatic rings. The van der Waals surface area contributed by atoms with Gasteiger partial charge in [-0.05, 0) is 24.5 Å². The molecule has 1 N–H and O–H groups in total. The summed E-state index contributed by atoms with van der Waals surface area (Å²) in [4.78, 5) is 32.6. The van der Waals surface area contributed by atoms with Crippen LogP contribution in [0, 0.1) is 11.8 Å². The minimum absolute atomic E-state index is 0.0317. The van der Waals surface area contributed by atoms with Crippen LogP contribution in [-0.2, 0) is 24.3 Å². The van der Waals surface area contributed by atoms with Crippen molar-refractivity contribution in [3.63, 3.8) is 0 Å². The first kappa shape index (κ1) is 22.0. The van der Waals surface area contributed by atoms with Crippen molar-refractivity contribution in [2.75, 3.05) is 63.9 Å². The molecule has 2 saturated heterocycles. The third-order valence-electron chi connectivity index (χ3n) is 6.15. The predicted octanol–water partition coefficient (Wildman–Crippen LogP) is -0.477. The van der Waals surface area contributed by atoms with E-state index >= 15 is 0 Å². The van der Waals surface area contributed by atoms with Gasteiger partial charge in [0.1, 0.15) is 10.7 Å². The van der Waals surface area contributed by atoms with Crippen molar-refractivity contribution in [3.05, 3.63) is 18.3 Å². The molecule has 3 fully saturated rings. The number of hydrogen-bond donors (Lipinski definition) is 1. The zero-order chi connectivity index (χ0) is 22.0. The van der Waals surface area contributed by atoms with Crippen LogP contribution in [0.25, 0.3) is 0 Å². The van der Waals surface area contributed by atoms with Gasteiger partial charge in [0.05, 0.1) is 19.8 Å². The molecule has 2 aliphatic heterocycles. The fourth-order valence-corrected chi connectivity index (χ4v) is 5.28. The summed E-state index contributed by atoms with van der Waals surface area (Å²) < 4.78 is 32.1. The lowest BCUT2D eigenvalue weighted by Gasteiger charge is -2.35.